The lowest BCUT2D eigenvalue weighted by Crippen LogP contribution is -2.11. The second-order valence-electron chi connectivity index (χ2n) is 4.64. The minimum atomic E-state index is 0.471. The molecule has 1 N–H and O–H groups in total. The van der Waals surface area contributed by atoms with Crippen LogP contribution >= 0.6 is 0 Å². The summed E-state index contributed by atoms with van der Waals surface area (Å²) in [7, 11) is 0. The Hall–Kier alpha value is -1.05. The first kappa shape index (κ1) is 13.0. The predicted octanol–water partition coefficient (Wildman–Crippen LogP) is 4.02. The molecule has 0 aliphatic heterocycles. The number of hydrogen-bond acceptors (Lipinski definition) is 2. The molecule has 2 nitrogen and oxygen atoms in total. The fraction of sp³-hybridized carbons (Fsp3) is 0.643. The first-order valence-corrected chi connectivity index (χ1v) is 6.43. The molecule has 0 spiro atoms. The van der Waals surface area contributed by atoms with Crippen LogP contribution in [0.5, 0.6) is 0 Å². The molecule has 0 saturated heterocycles. The lowest BCUT2D eigenvalue weighted by molar-refractivity contribution is 0.666. The van der Waals surface area contributed by atoms with Crippen LogP contribution in [0.3, 0.4) is 0 Å². The van der Waals surface area contributed by atoms with E-state index in [9.17, 15) is 0 Å². The number of nitrogens with one attached hydrogen (secondary N) is 1. The molecule has 16 heavy (non-hydrogen) atoms. The summed E-state index contributed by atoms with van der Waals surface area (Å²) in [5.74, 6) is 0. The molecule has 0 radical (unpaired) electrons. The lowest BCUT2D eigenvalue weighted by Gasteiger charge is -2.13. The monoisotopic (exact) mass is 220 g/mol. The molecule has 0 fully saturated rings. The Morgan fingerprint density at radius 2 is 2.06 bits per heavy atom. The van der Waals surface area contributed by atoms with Gasteiger partial charge in [0.15, 0.2) is 0 Å². The third-order valence-corrected chi connectivity index (χ3v) is 2.66. The standard InChI is InChI=1S/C14H24N2/c1-4-5-6-7-8-13-9-10-15-11-14(13)16-12(2)3/h9-12,16H,4-8H2,1-3H3. The van der Waals surface area contributed by atoms with Crippen molar-refractivity contribution < 1.29 is 0 Å². The van der Waals surface area contributed by atoms with Gasteiger partial charge in [0, 0.05) is 12.2 Å². The number of rotatable bonds is 7. The van der Waals surface area contributed by atoms with Gasteiger partial charge in [-0.2, -0.15) is 0 Å². The molecule has 0 atom stereocenters. The van der Waals surface area contributed by atoms with Crippen molar-refractivity contribution in [1.29, 1.82) is 0 Å². The van der Waals surface area contributed by atoms with Crippen molar-refractivity contribution in [2.24, 2.45) is 0 Å². The minimum Gasteiger partial charge on any atom is -0.381 e. The fourth-order valence-corrected chi connectivity index (χ4v) is 1.82. The average Bonchev–Trinajstić information content (AvgIpc) is 2.26. The molecule has 1 aromatic rings. The summed E-state index contributed by atoms with van der Waals surface area (Å²) in [5, 5.41) is 3.45. The van der Waals surface area contributed by atoms with E-state index in [0.717, 1.165) is 6.42 Å². The van der Waals surface area contributed by atoms with Crippen molar-refractivity contribution in [3.05, 3.63) is 24.0 Å². The molecule has 1 aromatic heterocycles. The topological polar surface area (TPSA) is 24.9 Å². The third-order valence-electron chi connectivity index (χ3n) is 2.66. The van der Waals surface area contributed by atoms with Crippen molar-refractivity contribution in [2.75, 3.05) is 5.32 Å². The molecule has 0 aliphatic rings. The second kappa shape index (κ2) is 7.26. The summed E-state index contributed by atoms with van der Waals surface area (Å²) in [6.45, 7) is 6.57. The number of pyridine rings is 1. The van der Waals surface area contributed by atoms with Crippen LogP contribution in [0.1, 0.15) is 52.0 Å². The van der Waals surface area contributed by atoms with E-state index in [0.29, 0.717) is 6.04 Å². The van der Waals surface area contributed by atoms with Gasteiger partial charge in [0.2, 0.25) is 0 Å². The Morgan fingerprint density at radius 3 is 2.75 bits per heavy atom. The van der Waals surface area contributed by atoms with Gasteiger partial charge in [0.25, 0.3) is 0 Å². The maximum Gasteiger partial charge on any atom is 0.0561 e. The second-order valence-corrected chi connectivity index (χ2v) is 4.64. The molecule has 1 rings (SSSR count). The highest BCUT2D eigenvalue weighted by Crippen LogP contribution is 2.17. The highest BCUT2D eigenvalue weighted by Gasteiger charge is 2.03. The zero-order valence-electron chi connectivity index (χ0n) is 10.8. The van der Waals surface area contributed by atoms with Gasteiger partial charge in [-0.25, -0.2) is 0 Å². The first-order valence-electron chi connectivity index (χ1n) is 6.43. The Morgan fingerprint density at radius 1 is 1.25 bits per heavy atom. The molecule has 1 heterocycles. The van der Waals surface area contributed by atoms with E-state index in [1.807, 2.05) is 12.4 Å². The molecular weight excluding hydrogens is 196 g/mol. The number of anilines is 1. The molecule has 0 saturated carbocycles. The van der Waals surface area contributed by atoms with E-state index < -0.39 is 0 Å². The summed E-state index contributed by atoms with van der Waals surface area (Å²) in [5.41, 5.74) is 2.61. The van der Waals surface area contributed by atoms with Gasteiger partial charge >= 0.3 is 0 Å². The van der Waals surface area contributed by atoms with Crippen LogP contribution < -0.4 is 5.32 Å². The number of nitrogens with zero attached hydrogens (tertiary/aromatic N) is 1. The molecule has 0 bridgehead atoms. The van der Waals surface area contributed by atoms with Crippen LogP contribution in [0.2, 0.25) is 0 Å². The summed E-state index contributed by atoms with van der Waals surface area (Å²) in [6.07, 6.45) is 10.3. The Labute approximate surface area is 99.5 Å². The van der Waals surface area contributed by atoms with Crippen LogP contribution in [-0.2, 0) is 6.42 Å². The van der Waals surface area contributed by atoms with Crippen molar-refractivity contribution in [1.82, 2.24) is 4.98 Å². The minimum absolute atomic E-state index is 0.471. The molecule has 0 unspecified atom stereocenters. The highest BCUT2D eigenvalue weighted by molar-refractivity contribution is 5.49. The number of unbranched alkanes of at least 4 members (excludes halogenated alkanes) is 3. The first-order chi connectivity index (χ1) is 7.74. The molecular formula is C14H24N2. The van der Waals surface area contributed by atoms with E-state index >= 15 is 0 Å². The van der Waals surface area contributed by atoms with E-state index in [2.05, 4.69) is 37.1 Å². The summed E-state index contributed by atoms with van der Waals surface area (Å²) in [4.78, 5) is 4.18. The van der Waals surface area contributed by atoms with Gasteiger partial charge in [-0.1, -0.05) is 26.2 Å². The third kappa shape index (κ3) is 4.65. The summed E-state index contributed by atoms with van der Waals surface area (Å²) >= 11 is 0. The van der Waals surface area contributed by atoms with Crippen molar-refractivity contribution >= 4 is 5.69 Å². The zero-order valence-corrected chi connectivity index (χ0v) is 10.8. The van der Waals surface area contributed by atoms with Crippen LogP contribution in [-0.4, -0.2) is 11.0 Å². The highest BCUT2D eigenvalue weighted by atomic mass is 14.9. The van der Waals surface area contributed by atoms with Gasteiger partial charge in [0.05, 0.1) is 11.9 Å². The van der Waals surface area contributed by atoms with Crippen molar-refractivity contribution in [2.45, 2.75) is 58.9 Å². The summed E-state index contributed by atoms with van der Waals surface area (Å²) in [6, 6.07) is 2.61. The number of aromatic nitrogens is 1. The van der Waals surface area contributed by atoms with Crippen LogP contribution in [0.25, 0.3) is 0 Å². The van der Waals surface area contributed by atoms with Crippen LogP contribution in [0.15, 0.2) is 18.5 Å². The largest absolute Gasteiger partial charge is 0.381 e. The Balaban J connectivity index is 2.50. The molecule has 0 aromatic carbocycles. The van der Waals surface area contributed by atoms with Crippen molar-refractivity contribution in [3.8, 4) is 0 Å². The average molecular weight is 220 g/mol. The van der Waals surface area contributed by atoms with E-state index in [1.54, 1.807) is 0 Å². The maximum atomic E-state index is 4.18. The van der Waals surface area contributed by atoms with Gasteiger partial charge < -0.3 is 5.32 Å². The van der Waals surface area contributed by atoms with Crippen LogP contribution in [0, 0.1) is 0 Å². The molecule has 90 valence electrons. The SMILES string of the molecule is CCCCCCc1ccncc1NC(C)C. The Bertz CT molecular complexity index is 295. The van der Waals surface area contributed by atoms with Crippen LogP contribution in [0.4, 0.5) is 5.69 Å². The Kier molecular flexibility index (Phi) is 5.91. The number of aryl methyl sites for hydroxylation is 1. The van der Waals surface area contributed by atoms with Crippen molar-refractivity contribution in [3.63, 3.8) is 0 Å². The van der Waals surface area contributed by atoms with Gasteiger partial charge in [0.1, 0.15) is 0 Å². The maximum absolute atomic E-state index is 4.18. The van der Waals surface area contributed by atoms with Gasteiger partial charge in [-0.3, -0.25) is 4.98 Å². The quantitative estimate of drug-likeness (QED) is 0.702. The fourth-order valence-electron chi connectivity index (χ4n) is 1.82. The predicted molar refractivity (Wildman–Crippen MR) is 70.8 cm³/mol. The molecule has 2 heteroatoms. The lowest BCUT2D eigenvalue weighted by atomic mass is 10.1. The normalized spacial score (nSPS) is 10.8. The smallest absolute Gasteiger partial charge is 0.0561 e. The van der Waals surface area contributed by atoms with Gasteiger partial charge in [-0.15, -0.1) is 0 Å². The van der Waals surface area contributed by atoms with E-state index in [1.165, 1.54) is 36.9 Å². The summed E-state index contributed by atoms with van der Waals surface area (Å²) < 4.78 is 0. The molecule has 0 amide bonds. The number of hydrogen-bond donors (Lipinski definition) is 1. The zero-order chi connectivity index (χ0) is 11.8. The van der Waals surface area contributed by atoms with E-state index in [4.69, 9.17) is 0 Å². The molecule has 0 aliphatic carbocycles. The van der Waals surface area contributed by atoms with Gasteiger partial charge in [-0.05, 0) is 38.3 Å². The van der Waals surface area contributed by atoms with E-state index in [-0.39, 0.29) is 0 Å².